The first-order chi connectivity index (χ1) is 5.79. The Bertz CT molecular complexity index is 245. The van der Waals surface area contributed by atoms with Crippen molar-refractivity contribution >= 4 is 5.78 Å². The van der Waals surface area contributed by atoms with Crippen molar-refractivity contribution in [2.45, 2.75) is 51.4 Å². The maximum atomic E-state index is 11.9. The molecule has 1 heteroatoms. The normalized spacial score (nSPS) is 51.2. The molecule has 0 N–H and O–H groups in total. The van der Waals surface area contributed by atoms with E-state index in [0.717, 1.165) is 6.42 Å². The van der Waals surface area contributed by atoms with Crippen LogP contribution in [0.1, 0.15) is 51.4 Å². The second-order valence-corrected chi connectivity index (χ2v) is 4.99. The molecule has 3 saturated carbocycles. The zero-order valence-electron chi connectivity index (χ0n) is 7.57. The van der Waals surface area contributed by atoms with Crippen LogP contribution in [0.5, 0.6) is 0 Å². The van der Waals surface area contributed by atoms with Crippen molar-refractivity contribution in [2.24, 2.45) is 10.8 Å². The first kappa shape index (κ1) is 7.11. The number of ketones is 1. The summed E-state index contributed by atoms with van der Waals surface area (Å²) in [7, 11) is 0. The van der Waals surface area contributed by atoms with E-state index in [0.29, 0.717) is 11.2 Å². The van der Waals surface area contributed by atoms with Gasteiger partial charge in [0, 0.05) is 11.8 Å². The van der Waals surface area contributed by atoms with Crippen molar-refractivity contribution in [3.05, 3.63) is 0 Å². The fraction of sp³-hybridized carbons (Fsp3) is 0.909. The molecule has 0 spiro atoms. The number of hydrogen-bond donors (Lipinski definition) is 0. The van der Waals surface area contributed by atoms with Crippen LogP contribution >= 0.6 is 0 Å². The van der Waals surface area contributed by atoms with Gasteiger partial charge in [-0.2, -0.15) is 0 Å². The Hall–Kier alpha value is -0.330. The molecule has 2 unspecified atom stereocenters. The van der Waals surface area contributed by atoms with Crippen molar-refractivity contribution in [3.63, 3.8) is 0 Å². The molecule has 66 valence electrons. The lowest BCUT2D eigenvalue weighted by molar-refractivity contribution is -0.156. The number of rotatable bonds is 0. The quantitative estimate of drug-likeness (QED) is 0.538. The summed E-state index contributed by atoms with van der Waals surface area (Å²) in [6, 6.07) is 0. The van der Waals surface area contributed by atoms with Crippen LogP contribution in [0.25, 0.3) is 0 Å². The second-order valence-electron chi connectivity index (χ2n) is 4.99. The molecule has 0 radical (unpaired) electrons. The van der Waals surface area contributed by atoms with E-state index < -0.39 is 0 Å². The highest BCUT2D eigenvalue weighted by Gasteiger charge is 2.65. The second kappa shape index (κ2) is 1.94. The predicted molar refractivity (Wildman–Crippen MR) is 46.8 cm³/mol. The first-order valence-corrected chi connectivity index (χ1v) is 5.33. The van der Waals surface area contributed by atoms with E-state index in [9.17, 15) is 4.79 Å². The van der Waals surface area contributed by atoms with Crippen LogP contribution in [-0.4, -0.2) is 5.78 Å². The summed E-state index contributed by atoms with van der Waals surface area (Å²) in [6.07, 6.45) is 9.93. The lowest BCUT2D eigenvalue weighted by Crippen LogP contribution is -2.54. The number of carbonyl (C=O) groups is 1. The molecule has 0 bridgehead atoms. The summed E-state index contributed by atoms with van der Waals surface area (Å²) >= 11 is 0. The SMILES string of the molecule is O=C1CCCC23CCCC12CC3. The van der Waals surface area contributed by atoms with Crippen LogP contribution in [0.3, 0.4) is 0 Å². The molecule has 0 heterocycles. The minimum absolute atomic E-state index is 0.227. The average Bonchev–Trinajstić information content (AvgIpc) is 2.31. The van der Waals surface area contributed by atoms with Crippen molar-refractivity contribution in [2.75, 3.05) is 0 Å². The van der Waals surface area contributed by atoms with Crippen LogP contribution in [0.2, 0.25) is 0 Å². The molecule has 3 aliphatic rings. The highest BCUT2D eigenvalue weighted by atomic mass is 16.1. The Morgan fingerprint density at radius 1 is 0.917 bits per heavy atom. The molecule has 3 rings (SSSR count). The van der Waals surface area contributed by atoms with E-state index in [2.05, 4.69) is 0 Å². The molecule has 0 saturated heterocycles. The Morgan fingerprint density at radius 2 is 1.75 bits per heavy atom. The lowest BCUT2D eigenvalue weighted by atomic mass is 9.45. The smallest absolute Gasteiger partial charge is 0.139 e. The van der Waals surface area contributed by atoms with Gasteiger partial charge in [-0.05, 0) is 43.9 Å². The third-order valence-corrected chi connectivity index (χ3v) is 4.90. The van der Waals surface area contributed by atoms with E-state index in [1.807, 2.05) is 0 Å². The zero-order valence-corrected chi connectivity index (χ0v) is 7.57. The van der Waals surface area contributed by atoms with Gasteiger partial charge in [-0.25, -0.2) is 0 Å². The summed E-state index contributed by atoms with van der Waals surface area (Å²) in [6.45, 7) is 0. The minimum Gasteiger partial charge on any atom is -0.299 e. The van der Waals surface area contributed by atoms with E-state index in [1.54, 1.807) is 0 Å². The van der Waals surface area contributed by atoms with Crippen LogP contribution in [0, 0.1) is 10.8 Å². The van der Waals surface area contributed by atoms with Gasteiger partial charge in [-0.15, -0.1) is 0 Å². The Labute approximate surface area is 73.5 Å². The molecule has 0 aromatic heterocycles. The van der Waals surface area contributed by atoms with Gasteiger partial charge in [0.25, 0.3) is 0 Å². The lowest BCUT2D eigenvalue weighted by Gasteiger charge is -2.57. The molecular weight excluding hydrogens is 148 g/mol. The molecular formula is C11H16O. The molecule has 3 fully saturated rings. The number of hydrogen-bond acceptors (Lipinski definition) is 1. The number of Topliss-reactive ketones (excluding diaryl/α,β-unsaturated/α-hetero) is 1. The molecule has 0 amide bonds. The summed E-state index contributed by atoms with van der Waals surface area (Å²) in [4.78, 5) is 11.9. The molecule has 0 aliphatic heterocycles. The van der Waals surface area contributed by atoms with Gasteiger partial charge in [0.15, 0.2) is 0 Å². The van der Waals surface area contributed by atoms with Gasteiger partial charge in [-0.3, -0.25) is 4.79 Å². The minimum atomic E-state index is 0.227. The van der Waals surface area contributed by atoms with Crippen molar-refractivity contribution in [1.29, 1.82) is 0 Å². The Balaban J connectivity index is 2.05. The summed E-state index contributed by atoms with van der Waals surface area (Å²) in [5.41, 5.74) is 0.758. The van der Waals surface area contributed by atoms with Gasteiger partial charge in [0.2, 0.25) is 0 Å². The fourth-order valence-corrected chi connectivity index (χ4v) is 4.15. The fourth-order valence-electron chi connectivity index (χ4n) is 4.15. The van der Waals surface area contributed by atoms with Gasteiger partial charge in [0.1, 0.15) is 5.78 Å². The monoisotopic (exact) mass is 164 g/mol. The standard InChI is InChI=1S/C11H16O/c12-9-3-1-4-10-5-2-6-11(9,10)8-7-10/h1-8H2. The maximum Gasteiger partial charge on any atom is 0.139 e. The van der Waals surface area contributed by atoms with E-state index >= 15 is 0 Å². The van der Waals surface area contributed by atoms with Crippen LogP contribution < -0.4 is 0 Å². The maximum absolute atomic E-state index is 11.9. The first-order valence-electron chi connectivity index (χ1n) is 5.33. The molecule has 12 heavy (non-hydrogen) atoms. The van der Waals surface area contributed by atoms with Gasteiger partial charge in [0.05, 0.1) is 0 Å². The van der Waals surface area contributed by atoms with Gasteiger partial charge in [-0.1, -0.05) is 6.42 Å². The van der Waals surface area contributed by atoms with Crippen LogP contribution in [-0.2, 0) is 4.79 Å². The average molecular weight is 164 g/mol. The van der Waals surface area contributed by atoms with Crippen molar-refractivity contribution in [3.8, 4) is 0 Å². The van der Waals surface area contributed by atoms with Crippen molar-refractivity contribution < 1.29 is 4.79 Å². The molecule has 2 atom stereocenters. The summed E-state index contributed by atoms with van der Waals surface area (Å²) in [5.74, 6) is 0.623. The molecule has 3 aliphatic carbocycles. The van der Waals surface area contributed by atoms with Gasteiger partial charge < -0.3 is 0 Å². The van der Waals surface area contributed by atoms with E-state index in [1.165, 1.54) is 44.9 Å². The Kier molecular flexibility index (Phi) is 1.15. The highest BCUT2D eigenvalue weighted by molar-refractivity contribution is 5.88. The van der Waals surface area contributed by atoms with Crippen LogP contribution in [0.4, 0.5) is 0 Å². The number of carbonyl (C=O) groups excluding carboxylic acids is 1. The summed E-state index contributed by atoms with van der Waals surface area (Å²) < 4.78 is 0. The topological polar surface area (TPSA) is 17.1 Å². The molecule has 0 aromatic rings. The molecule has 1 nitrogen and oxygen atoms in total. The predicted octanol–water partition coefficient (Wildman–Crippen LogP) is 2.69. The highest BCUT2D eigenvalue weighted by Crippen LogP contribution is 2.71. The largest absolute Gasteiger partial charge is 0.299 e. The van der Waals surface area contributed by atoms with Crippen molar-refractivity contribution in [1.82, 2.24) is 0 Å². The Morgan fingerprint density at radius 3 is 2.42 bits per heavy atom. The summed E-state index contributed by atoms with van der Waals surface area (Å²) in [5, 5.41) is 0. The zero-order chi connectivity index (χ0) is 8.23. The van der Waals surface area contributed by atoms with Gasteiger partial charge >= 0.3 is 0 Å². The van der Waals surface area contributed by atoms with E-state index in [-0.39, 0.29) is 5.41 Å². The van der Waals surface area contributed by atoms with Crippen LogP contribution in [0.15, 0.2) is 0 Å². The third kappa shape index (κ3) is 0.541. The van der Waals surface area contributed by atoms with E-state index in [4.69, 9.17) is 0 Å². The third-order valence-electron chi connectivity index (χ3n) is 4.90. The molecule has 0 aromatic carbocycles.